The zero-order valence-electron chi connectivity index (χ0n) is 31.3. The lowest BCUT2D eigenvalue weighted by Gasteiger charge is -2.33. The molecular weight excluding hydrogens is 757 g/mol. The van der Waals surface area contributed by atoms with Gasteiger partial charge >= 0.3 is 18.1 Å². The molecule has 1 heterocycles. The minimum Gasteiger partial charge on any atom is -0.456 e. The highest BCUT2D eigenvalue weighted by atomic mass is 19.4. The minimum atomic E-state index is -4.66. The summed E-state index contributed by atoms with van der Waals surface area (Å²) in [6.45, 7) is -2.01. The number of halogens is 3. The molecule has 0 radical (unpaired) electrons. The third kappa shape index (κ3) is 10.1. The number of rotatable bonds is 14. The van der Waals surface area contributed by atoms with E-state index < -0.39 is 66.7 Å². The first-order chi connectivity index (χ1) is 27.9. The number of esters is 2. The van der Waals surface area contributed by atoms with Crippen LogP contribution in [-0.2, 0) is 45.5 Å². The first kappa shape index (κ1) is 41.5. The van der Waals surface area contributed by atoms with E-state index >= 15 is 0 Å². The van der Waals surface area contributed by atoms with E-state index in [4.69, 9.17) is 14.2 Å². The fourth-order valence-electron chi connectivity index (χ4n) is 6.79. The van der Waals surface area contributed by atoms with Crippen LogP contribution in [0, 0.1) is 0 Å². The average Bonchev–Trinajstić information content (AvgIpc) is 3.65. The molecule has 0 aromatic heterocycles. The summed E-state index contributed by atoms with van der Waals surface area (Å²) in [5.74, 6) is -4.38. The number of aliphatic hydroxyl groups excluding tert-OH is 1. The van der Waals surface area contributed by atoms with Crippen LogP contribution in [0.1, 0.15) is 39.0 Å². The second kappa shape index (κ2) is 18.4. The van der Waals surface area contributed by atoms with Crippen LogP contribution in [0.3, 0.4) is 0 Å². The van der Waals surface area contributed by atoms with Gasteiger partial charge in [-0.1, -0.05) is 103 Å². The molecule has 1 aliphatic heterocycles. The molecule has 14 heteroatoms. The molecule has 11 nitrogen and oxygen atoms in total. The van der Waals surface area contributed by atoms with Gasteiger partial charge in [0.05, 0.1) is 12.2 Å². The van der Waals surface area contributed by atoms with Crippen molar-refractivity contribution in [2.75, 3.05) is 26.8 Å². The summed E-state index contributed by atoms with van der Waals surface area (Å²) >= 11 is 0. The number of likely N-dealkylation sites (N-methyl/N-ethyl adjacent to an activating group) is 1. The lowest BCUT2D eigenvalue weighted by molar-refractivity contribution is -0.182. The summed E-state index contributed by atoms with van der Waals surface area (Å²) in [5, 5.41) is 12.1. The molecule has 2 N–H and O–H groups in total. The smallest absolute Gasteiger partial charge is 0.422 e. The largest absolute Gasteiger partial charge is 0.456 e. The Hall–Kier alpha value is -6.09. The van der Waals surface area contributed by atoms with Crippen LogP contribution in [0.5, 0.6) is 0 Å². The Morgan fingerprint density at radius 3 is 2.09 bits per heavy atom. The molecule has 2 aliphatic rings. The van der Waals surface area contributed by atoms with Gasteiger partial charge in [0.2, 0.25) is 17.6 Å². The summed E-state index contributed by atoms with van der Waals surface area (Å²) in [6.07, 6.45) is -3.72. The van der Waals surface area contributed by atoms with Gasteiger partial charge < -0.3 is 34.3 Å². The maximum Gasteiger partial charge on any atom is 0.422 e. The second-order valence-electron chi connectivity index (χ2n) is 13.7. The Labute approximate surface area is 332 Å². The third-order valence-electron chi connectivity index (χ3n) is 9.63. The predicted molar refractivity (Wildman–Crippen MR) is 205 cm³/mol. The van der Waals surface area contributed by atoms with Crippen molar-refractivity contribution in [1.29, 1.82) is 0 Å². The van der Waals surface area contributed by atoms with Crippen LogP contribution < -0.4 is 5.32 Å². The van der Waals surface area contributed by atoms with E-state index in [-0.39, 0.29) is 37.1 Å². The predicted octanol–water partition coefficient (Wildman–Crippen LogP) is 5.52. The molecule has 1 fully saturated rings. The van der Waals surface area contributed by atoms with Gasteiger partial charge in [0.25, 0.3) is 0 Å². The number of hydrogen-bond acceptors (Lipinski definition) is 9. The molecule has 302 valence electrons. The SMILES string of the molecule is CN(C(=O)C1=C[C@H]2OC(c3ccccc3)(c3ccccc3)O[C@H]2[C@H](OC(=O)c2ccc(C=CC(=O)OCC(F)(F)F)cc2)C1)[C@H](Cc1ccccc1)C(=O)NCCO. The van der Waals surface area contributed by atoms with Crippen molar-refractivity contribution in [3.8, 4) is 0 Å². The zero-order valence-corrected chi connectivity index (χ0v) is 31.3. The summed E-state index contributed by atoms with van der Waals surface area (Å²) < 4.78 is 61.1. The fourth-order valence-corrected chi connectivity index (χ4v) is 6.79. The number of alkyl halides is 3. The van der Waals surface area contributed by atoms with Crippen LogP contribution >= 0.6 is 0 Å². The maximum absolute atomic E-state index is 14.4. The number of ether oxygens (including phenoxy) is 4. The fraction of sp³-hybridized carbons (Fsp3) is 0.273. The standard InChI is InChI=1S/C44H41F3N2O9/c1-49(35(40(52)48-23-24-50)25-30-11-5-2-6-12-30)41(53)32-26-36(56-42(54)31-20-17-29(18-21-31)19-22-38(51)55-28-43(45,46)47)39-37(27-32)57-44(58-39,33-13-7-3-8-14-33)34-15-9-4-10-16-34/h2-22,27,35-37,39,50H,23-26,28H2,1H3,(H,48,52)/t35-,36-,37-,39+/m1/s1. The first-order valence-electron chi connectivity index (χ1n) is 18.5. The lowest BCUT2D eigenvalue weighted by atomic mass is 9.90. The van der Waals surface area contributed by atoms with Crippen molar-refractivity contribution in [2.24, 2.45) is 0 Å². The quantitative estimate of drug-likeness (QED) is 0.125. The zero-order chi connectivity index (χ0) is 41.3. The molecule has 4 aromatic carbocycles. The molecular formula is C44H41F3N2O9. The number of nitrogens with one attached hydrogen (secondary N) is 1. The topological polar surface area (TPSA) is 141 Å². The minimum absolute atomic E-state index is 0.00533. The number of benzene rings is 4. The van der Waals surface area contributed by atoms with E-state index in [1.54, 1.807) is 6.08 Å². The highest BCUT2D eigenvalue weighted by molar-refractivity contribution is 5.97. The summed E-state index contributed by atoms with van der Waals surface area (Å²) in [6, 6.07) is 32.4. The Balaban J connectivity index is 1.29. The maximum atomic E-state index is 14.4. The van der Waals surface area contributed by atoms with Crippen molar-refractivity contribution in [2.45, 2.75) is 49.2 Å². The van der Waals surface area contributed by atoms with Gasteiger partial charge in [-0.3, -0.25) is 9.59 Å². The molecule has 6 rings (SSSR count). The van der Waals surface area contributed by atoms with E-state index in [0.717, 1.165) is 11.6 Å². The number of aliphatic hydroxyl groups is 1. The number of carbonyl (C=O) groups excluding carboxylic acids is 4. The number of nitrogens with zero attached hydrogens (tertiary/aromatic N) is 1. The highest BCUT2D eigenvalue weighted by Crippen LogP contribution is 2.47. The van der Waals surface area contributed by atoms with Gasteiger partial charge in [-0.05, 0) is 35.4 Å². The van der Waals surface area contributed by atoms with Crippen molar-refractivity contribution >= 4 is 29.8 Å². The van der Waals surface area contributed by atoms with E-state index in [1.165, 1.54) is 42.3 Å². The molecule has 1 saturated heterocycles. The Bertz CT molecular complexity index is 2070. The molecule has 0 spiro atoms. The van der Waals surface area contributed by atoms with Gasteiger partial charge in [-0.2, -0.15) is 13.2 Å². The van der Waals surface area contributed by atoms with Crippen LogP contribution in [0.25, 0.3) is 6.08 Å². The van der Waals surface area contributed by atoms with E-state index in [9.17, 15) is 37.5 Å². The molecule has 0 bridgehead atoms. The third-order valence-corrected chi connectivity index (χ3v) is 9.63. The van der Waals surface area contributed by atoms with Crippen molar-refractivity contribution in [1.82, 2.24) is 10.2 Å². The highest BCUT2D eigenvalue weighted by Gasteiger charge is 2.55. The van der Waals surface area contributed by atoms with Crippen LogP contribution in [0.4, 0.5) is 13.2 Å². The van der Waals surface area contributed by atoms with Gasteiger partial charge in [-0.25, -0.2) is 9.59 Å². The van der Waals surface area contributed by atoms with Crippen LogP contribution in [-0.4, -0.2) is 91.1 Å². The Kier molecular flexibility index (Phi) is 13.2. The van der Waals surface area contributed by atoms with Crippen molar-refractivity contribution in [3.05, 3.63) is 161 Å². The number of carbonyl (C=O) groups is 4. The van der Waals surface area contributed by atoms with Gasteiger partial charge in [-0.15, -0.1) is 0 Å². The second-order valence-corrected chi connectivity index (χ2v) is 13.7. The molecule has 0 saturated carbocycles. The number of amides is 2. The molecule has 58 heavy (non-hydrogen) atoms. The number of hydrogen-bond donors (Lipinski definition) is 2. The summed E-state index contributed by atoms with van der Waals surface area (Å²) in [4.78, 5) is 54.7. The monoisotopic (exact) mass is 798 g/mol. The van der Waals surface area contributed by atoms with Gasteiger partial charge in [0.1, 0.15) is 24.4 Å². The lowest BCUT2D eigenvalue weighted by Crippen LogP contribution is -2.51. The summed E-state index contributed by atoms with van der Waals surface area (Å²) in [7, 11) is 1.51. The normalized spacial score (nSPS) is 19.1. The molecule has 2 amide bonds. The molecule has 4 aromatic rings. The van der Waals surface area contributed by atoms with E-state index in [1.807, 2.05) is 91.0 Å². The van der Waals surface area contributed by atoms with Crippen molar-refractivity contribution < 1.29 is 56.4 Å². The Morgan fingerprint density at radius 2 is 1.50 bits per heavy atom. The van der Waals surface area contributed by atoms with Crippen LogP contribution in [0.15, 0.2) is 133 Å². The van der Waals surface area contributed by atoms with Gasteiger partial charge in [0, 0.05) is 49.2 Å². The van der Waals surface area contributed by atoms with Crippen LogP contribution in [0.2, 0.25) is 0 Å². The number of fused-ring (bicyclic) bond motifs is 1. The van der Waals surface area contributed by atoms with Gasteiger partial charge in [0.15, 0.2) is 6.61 Å². The van der Waals surface area contributed by atoms with E-state index in [2.05, 4.69) is 10.1 Å². The molecule has 0 unspecified atom stereocenters. The van der Waals surface area contributed by atoms with Crippen molar-refractivity contribution in [3.63, 3.8) is 0 Å². The molecule has 1 aliphatic carbocycles. The molecule has 4 atom stereocenters. The Morgan fingerprint density at radius 1 is 0.897 bits per heavy atom. The van der Waals surface area contributed by atoms with E-state index in [0.29, 0.717) is 16.7 Å². The first-order valence-corrected chi connectivity index (χ1v) is 18.5. The average molecular weight is 799 g/mol. The summed E-state index contributed by atoms with van der Waals surface area (Å²) in [5.41, 5.74) is 2.84.